The number of hydrogen-bond donors (Lipinski definition) is 0. The fourth-order valence-corrected chi connectivity index (χ4v) is 3.22. The average Bonchev–Trinajstić information content (AvgIpc) is 2.58. The van der Waals surface area contributed by atoms with Crippen molar-refractivity contribution in [3.63, 3.8) is 0 Å². The average molecular weight is 323 g/mol. The summed E-state index contributed by atoms with van der Waals surface area (Å²) < 4.78 is 5.90. The number of fused-ring (bicyclic) bond motifs is 1. The van der Waals surface area contributed by atoms with Crippen molar-refractivity contribution in [2.24, 2.45) is 0 Å². The van der Waals surface area contributed by atoms with Gasteiger partial charge in [0.1, 0.15) is 5.75 Å². The van der Waals surface area contributed by atoms with Gasteiger partial charge in [0.25, 0.3) is 5.91 Å². The van der Waals surface area contributed by atoms with Crippen molar-refractivity contribution >= 4 is 11.6 Å². The number of para-hydroxylation sites is 2. The molecule has 3 heteroatoms. The number of aryl methyl sites for hydroxylation is 1. The molecule has 0 atom stereocenters. The molecule has 2 aromatic rings. The smallest absolute Gasteiger partial charge is 0.264 e. The highest BCUT2D eigenvalue weighted by atomic mass is 16.5. The zero-order chi connectivity index (χ0) is 17.2. The number of amides is 1. The maximum atomic E-state index is 12.7. The summed E-state index contributed by atoms with van der Waals surface area (Å²) in [6, 6.07) is 16.1. The van der Waals surface area contributed by atoms with Crippen LogP contribution < -0.4 is 9.64 Å². The van der Waals surface area contributed by atoms with Gasteiger partial charge in [0, 0.05) is 12.2 Å². The molecule has 0 unspecified atom stereocenters. The lowest BCUT2D eigenvalue weighted by molar-refractivity contribution is -0.120. The Labute approximate surface area is 144 Å². The van der Waals surface area contributed by atoms with E-state index in [1.807, 2.05) is 41.3 Å². The minimum Gasteiger partial charge on any atom is -0.483 e. The zero-order valence-electron chi connectivity index (χ0n) is 14.7. The number of carbonyl (C=O) groups is 1. The quantitative estimate of drug-likeness (QED) is 0.841. The van der Waals surface area contributed by atoms with Crippen LogP contribution in [0.15, 0.2) is 48.5 Å². The van der Waals surface area contributed by atoms with Crippen LogP contribution in [0.4, 0.5) is 5.69 Å². The maximum Gasteiger partial charge on any atom is 0.264 e. The van der Waals surface area contributed by atoms with E-state index in [1.165, 1.54) is 5.56 Å². The highest BCUT2D eigenvalue weighted by Crippen LogP contribution is 2.31. The molecule has 0 fully saturated rings. The number of anilines is 1. The highest BCUT2D eigenvalue weighted by molar-refractivity contribution is 5.95. The number of carbonyl (C=O) groups excluding carboxylic acids is 1. The lowest BCUT2D eigenvalue weighted by atomic mass is 9.86. The first-order valence-electron chi connectivity index (χ1n) is 8.57. The third-order valence-corrected chi connectivity index (χ3v) is 4.46. The molecule has 0 N–H and O–H groups in total. The first-order chi connectivity index (χ1) is 11.5. The number of rotatable bonds is 3. The molecule has 0 radical (unpaired) electrons. The predicted octanol–water partition coefficient (Wildman–Crippen LogP) is 4.34. The van der Waals surface area contributed by atoms with Crippen LogP contribution in [0.1, 0.15) is 38.3 Å². The van der Waals surface area contributed by atoms with Gasteiger partial charge in [0.05, 0.1) is 0 Å². The first-order valence-corrected chi connectivity index (χ1v) is 8.57. The Bertz CT molecular complexity index is 731. The first kappa shape index (κ1) is 16.6. The van der Waals surface area contributed by atoms with E-state index in [0.29, 0.717) is 0 Å². The SMILES string of the molecule is CC(C)(C)c1ccccc1OCC(=O)N1CCCc2ccccc21. The molecule has 0 saturated heterocycles. The van der Waals surface area contributed by atoms with Crippen molar-refractivity contribution in [3.8, 4) is 5.75 Å². The van der Waals surface area contributed by atoms with E-state index in [0.717, 1.165) is 36.4 Å². The molecule has 1 amide bonds. The number of hydrogen-bond acceptors (Lipinski definition) is 2. The van der Waals surface area contributed by atoms with Gasteiger partial charge < -0.3 is 9.64 Å². The van der Waals surface area contributed by atoms with Crippen LogP contribution >= 0.6 is 0 Å². The van der Waals surface area contributed by atoms with Crippen molar-refractivity contribution in [2.75, 3.05) is 18.1 Å². The zero-order valence-corrected chi connectivity index (χ0v) is 14.7. The summed E-state index contributed by atoms with van der Waals surface area (Å²) in [5.74, 6) is 0.814. The third-order valence-electron chi connectivity index (χ3n) is 4.46. The number of benzene rings is 2. The van der Waals surface area contributed by atoms with Crippen LogP contribution in [-0.4, -0.2) is 19.1 Å². The van der Waals surface area contributed by atoms with E-state index < -0.39 is 0 Å². The van der Waals surface area contributed by atoms with Crippen LogP contribution in [0.3, 0.4) is 0 Å². The summed E-state index contributed by atoms with van der Waals surface area (Å²) in [5.41, 5.74) is 3.38. The molecule has 3 rings (SSSR count). The second-order valence-electron chi connectivity index (χ2n) is 7.31. The monoisotopic (exact) mass is 323 g/mol. The molecule has 24 heavy (non-hydrogen) atoms. The molecule has 2 aromatic carbocycles. The standard InChI is InChI=1S/C21H25NO2/c1-21(2,3)17-11-5-7-13-19(17)24-15-20(23)22-14-8-10-16-9-4-6-12-18(16)22/h4-7,9,11-13H,8,10,14-15H2,1-3H3. The van der Waals surface area contributed by atoms with Crippen LogP contribution in [0.25, 0.3) is 0 Å². The van der Waals surface area contributed by atoms with Gasteiger partial charge in [-0.3, -0.25) is 4.79 Å². The van der Waals surface area contributed by atoms with Gasteiger partial charge in [0.15, 0.2) is 6.61 Å². The molecule has 0 aliphatic carbocycles. The lowest BCUT2D eigenvalue weighted by Crippen LogP contribution is -2.38. The van der Waals surface area contributed by atoms with E-state index >= 15 is 0 Å². The van der Waals surface area contributed by atoms with E-state index in [1.54, 1.807) is 0 Å². The van der Waals surface area contributed by atoms with Gasteiger partial charge in [-0.15, -0.1) is 0 Å². The summed E-state index contributed by atoms with van der Waals surface area (Å²) in [4.78, 5) is 14.6. The predicted molar refractivity (Wildman–Crippen MR) is 97.8 cm³/mol. The molecule has 0 spiro atoms. The van der Waals surface area contributed by atoms with Gasteiger partial charge >= 0.3 is 0 Å². The van der Waals surface area contributed by atoms with Crippen LogP contribution in [0.2, 0.25) is 0 Å². The van der Waals surface area contributed by atoms with Crippen molar-refractivity contribution in [2.45, 2.75) is 39.0 Å². The topological polar surface area (TPSA) is 29.5 Å². The van der Waals surface area contributed by atoms with Crippen LogP contribution in [0.5, 0.6) is 5.75 Å². The summed E-state index contributed by atoms with van der Waals surface area (Å²) in [7, 11) is 0. The summed E-state index contributed by atoms with van der Waals surface area (Å²) in [6.45, 7) is 7.29. The molecule has 126 valence electrons. The highest BCUT2D eigenvalue weighted by Gasteiger charge is 2.23. The van der Waals surface area contributed by atoms with Gasteiger partial charge in [-0.25, -0.2) is 0 Å². The Balaban J connectivity index is 1.74. The van der Waals surface area contributed by atoms with Gasteiger partial charge in [-0.1, -0.05) is 57.2 Å². The molecule has 0 bridgehead atoms. The lowest BCUT2D eigenvalue weighted by Gasteiger charge is -2.30. The molecule has 0 saturated carbocycles. The fraction of sp³-hybridized carbons (Fsp3) is 0.381. The molecule has 1 heterocycles. The molecule has 1 aliphatic rings. The summed E-state index contributed by atoms with van der Waals surface area (Å²) >= 11 is 0. The molecule has 3 nitrogen and oxygen atoms in total. The summed E-state index contributed by atoms with van der Waals surface area (Å²) in [5, 5.41) is 0. The maximum absolute atomic E-state index is 12.7. The Morgan fingerprint density at radius 3 is 2.58 bits per heavy atom. The van der Waals surface area contributed by atoms with E-state index in [9.17, 15) is 4.79 Å². The normalized spacial score (nSPS) is 14.2. The van der Waals surface area contributed by atoms with Crippen LogP contribution in [-0.2, 0) is 16.6 Å². The van der Waals surface area contributed by atoms with Gasteiger partial charge in [-0.2, -0.15) is 0 Å². The van der Waals surface area contributed by atoms with Crippen molar-refractivity contribution < 1.29 is 9.53 Å². The summed E-state index contributed by atoms with van der Waals surface area (Å²) in [6.07, 6.45) is 2.04. The Kier molecular flexibility index (Phi) is 4.61. The minimum atomic E-state index is -0.0165. The Morgan fingerprint density at radius 1 is 1.08 bits per heavy atom. The van der Waals surface area contributed by atoms with Crippen molar-refractivity contribution in [1.29, 1.82) is 0 Å². The van der Waals surface area contributed by atoms with E-state index in [-0.39, 0.29) is 17.9 Å². The Hall–Kier alpha value is -2.29. The number of ether oxygens (including phenoxy) is 1. The Morgan fingerprint density at radius 2 is 1.79 bits per heavy atom. The second kappa shape index (κ2) is 6.68. The van der Waals surface area contributed by atoms with Crippen LogP contribution in [0, 0.1) is 0 Å². The molecule has 0 aromatic heterocycles. The van der Waals surface area contributed by atoms with Gasteiger partial charge in [-0.05, 0) is 41.5 Å². The third kappa shape index (κ3) is 3.45. The second-order valence-corrected chi connectivity index (χ2v) is 7.31. The fourth-order valence-electron chi connectivity index (χ4n) is 3.22. The molecular formula is C21H25NO2. The van der Waals surface area contributed by atoms with Crippen molar-refractivity contribution in [1.82, 2.24) is 0 Å². The molecular weight excluding hydrogens is 298 g/mol. The molecule has 1 aliphatic heterocycles. The van der Waals surface area contributed by atoms with Gasteiger partial charge in [0.2, 0.25) is 0 Å². The van der Waals surface area contributed by atoms with Crippen molar-refractivity contribution in [3.05, 3.63) is 59.7 Å². The van der Waals surface area contributed by atoms with E-state index in [2.05, 4.69) is 32.9 Å². The minimum absolute atomic E-state index is 0.0165. The number of nitrogens with zero attached hydrogens (tertiary/aromatic N) is 1. The van der Waals surface area contributed by atoms with E-state index in [4.69, 9.17) is 4.74 Å². The largest absolute Gasteiger partial charge is 0.483 e.